The highest BCUT2D eigenvalue weighted by Gasteiger charge is 2.07. The molecule has 2 aromatic carbocycles. The maximum Gasteiger partial charge on any atom is 0.180 e. The lowest BCUT2D eigenvalue weighted by Crippen LogP contribution is -1.94. The van der Waals surface area contributed by atoms with E-state index in [1.165, 1.54) is 12.1 Å². The van der Waals surface area contributed by atoms with Crippen LogP contribution in [0.25, 0.3) is 22.8 Å². The third kappa shape index (κ3) is 3.44. The molecule has 4 rings (SSSR count). The van der Waals surface area contributed by atoms with E-state index in [4.69, 9.17) is 4.74 Å². The van der Waals surface area contributed by atoms with Gasteiger partial charge in [0.2, 0.25) is 0 Å². The molecule has 0 unspecified atom stereocenters. The fourth-order valence-corrected chi connectivity index (χ4v) is 2.51. The van der Waals surface area contributed by atoms with Gasteiger partial charge in [0, 0.05) is 25.0 Å². The number of rotatable bonds is 4. The van der Waals surface area contributed by atoms with Crippen molar-refractivity contribution in [2.45, 2.75) is 0 Å². The summed E-state index contributed by atoms with van der Waals surface area (Å²) in [6, 6.07) is 17.2. The van der Waals surface area contributed by atoms with Crippen molar-refractivity contribution in [2.75, 3.05) is 0 Å². The quantitative estimate of drug-likeness (QED) is 0.547. The Morgan fingerprint density at radius 1 is 0.846 bits per heavy atom. The molecule has 0 bridgehead atoms. The van der Waals surface area contributed by atoms with Crippen LogP contribution in [0, 0.1) is 5.82 Å². The third-order valence-electron chi connectivity index (χ3n) is 3.80. The van der Waals surface area contributed by atoms with Crippen molar-refractivity contribution >= 4 is 0 Å². The third-order valence-corrected chi connectivity index (χ3v) is 3.80. The zero-order valence-corrected chi connectivity index (χ0v) is 14.0. The first-order valence-corrected chi connectivity index (χ1v) is 8.04. The van der Waals surface area contributed by atoms with E-state index in [1.807, 2.05) is 49.6 Å². The van der Waals surface area contributed by atoms with Crippen molar-refractivity contribution in [3.05, 3.63) is 78.9 Å². The molecule has 0 saturated heterocycles. The van der Waals surface area contributed by atoms with Crippen LogP contribution < -0.4 is 4.74 Å². The number of nitrogens with zero attached hydrogens (tertiary/aromatic N) is 4. The molecule has 2 heterocycles. The lowest BCUT2D eigenvalue weighted by atomic mass is 10.1. The summed E-state index contributed by atoms with van der Waals surface area (Å²) in [5.74, 6) is 1.54. The van der Waals surface area contributed by atoms with E-state index in [1.54, 1.807) is 23.0 Å². The molecule has 128 valence electrons. The lowest BCUT2D eigenvalue weighted by molar-refractivity contribution is 0.480. The van der Waals surface area contributed by atoms with Crippen molar-refractivity contribution in [3.63, 3.8) is 0 Å². The Morgan fingerprint density at radius 2 is 1.54 bits per heavy atom. The van der Waals surface area contributed by atoms with E-state index in [0.717, 1.165) is 17.0 Å². The first-order valence-electron chi connectivity index (χ1n) is 8.04. The van der Waals surface area contributed by atoms with Gasteiger partial charge in [-0.2, -0.15) is 5.10 Å². The van der Waals surface area contributed by atoms with Crippen LogP contribution in [0.3, 0.4) is 0 Å². The first-order chi connectivity index (χ1) is 12.7. The van der Waals surface area contributed by atoms with E-state index in [-0.39, 0.29) is 5.82 Å². The zero-order valence-electron chi connectivity index (χ0n) is 14.0. The summed E-state index contributed by atoms with van der Waals surface area (Å²) >= 11 is 0. The molecule has 0 atom stereocenters. The maximum absolute atomic E-state index is 12.9. The molecule has 0 spiro atoms. The van der Waals surface area contributed by atoms with Crippen molar-refractivity contribution in [3.8, 4) is 34.3 Å². The van der Waals surface area contributed by atoms with E-state index in [2.05, 4.69) is 15.1 Å². The summed E-state index contributed by atoms with van der Waals surface area (Å²) in [5, 5.41) is 4.33. The van der Waals surface area contributed by atoms with Crippen LogP contribution >= 0.6 is 0 Å². The number of benzene rings is 2. The summed E-state index contributed by atoms with van der Waals surface area (Å²) in [7, 11) is 1.85. The second-order valence-electron chi connectivity index (χ2n) is 5.72. The van der Waals surface area contributed by atoms with Gasteiger partial charge in [0.25, 0.3) is 0 Å². The van der Waals surface area contributed by atoms with Crippen molar-refractivity contribution in [1.29, 1.82) is 0 Å². The summed E-state index contributed by atoms with van der Waals surface area (Å²) in [5.41, 5.74) is 2.47. The van der Waals surface area contributed by atoms with Crippen LogP contribution in [0.2, 0.25) is 0 Å². The van der Waals surface area contributed by atoms with Gasteiger partial charge in [-0.15, -0.1) is 0 Å². The molecule has 0 fully saturated rings. The molecule has 0 aliphatic rings. The predicted molar refractivity (Wildman–Crippen MR) is 96.1 cm³/mol. The highest BCUT2D eigenvalue weighted by atomic mass is 19.1. The van der Waals surface area contributed by atoms with Gasteiger partial charge < -0.3 is 4.74 Å². The van der Waals surface area contributed by atoms with Gasteiger partial charge in [-0.3, -0.25) is 4.68 Å². The van der Waals surface area contributed by atoms with Gasteiger partial charge >= 0.3 is 0 Å². The van der Waals surface area contributed by atoms with Crippen LogP contribution in [0.1, 0.15) is 0 Å². The molecule has 0 aliphatic heterocycles. The second kappa shape index (κ2) is 6.76. The average Bonchev–Trinajstić information content (AvgIpc) is 3.11. The molecular formula is C20H15FN4O. The maximum atomic E-state index is 12.9. The first kappa shape index (κ1) is 16.0. The van der Waals surface area contributed by atoms with E-state index in [9.17, 15) is 4.39 Å². The monoisotopic (exact) mass is 346 g/mol. The minimum absolute atomic E-state index is 0.292. The largest absolute Gasteiger partial charge is 0.457 e. The summed E-state index contributed by atoms with van der Waals surface area (Å²) in [4.78, 5) is 8.87. The SMILES string of the molecule is Cn1ccc(-c2nccc(-c3ccc(Oc4ccc(F)cc4)cc3)n2)n1. The van der Waals surface area contributed by atoms with Crippen molar-refractivity contribution < 1.29 is 9.13 Å². The molecule has 6 heteroatoms. The number of hydrogen-bond donors (Lipinski definition) is 0. The van der Waals surface area contributed by atoms with E-state index < -0.39 is 0 Å². The fraction of sp³-hybridized carbons (Fsp3) is 0.0500. The summed E-state index contributed by atoms with van der Waals surface area (Å²) < 4.78 is 20.4. The van der Waals surface area contributed by atoms with Crippen LogP contribution in [-0.2, 0) is 7.05 Å². The molecule has 0 saturated carbocycles. The lowest BCUT2D eigenvalue weighted by Gasteiger charge is -2.07. The summed E-state index contributed by atoms with van der Waals surface area (Å²) in [6.07, 6.45) is 3.57. The second-order valence-corrected chi connectivity index (χ2v) is 5.72. The standard InChI is InChI=1S/C20H15FN4O/c1-25-13-11-19(24-25)20-22-12-10-18(23-20)14-2-6-16(7-3-14)26-17-8-4-15(21)5-9-17/h2-13H,1H3. The Labute approximate surface area is 149 Å². The highest BCUT2D eigenvalue weighted by molar-refractivity contribution is 5.62. The molecule has 4 aromatic rings. The van der Waals surface area contributed by atoms with E-state index in [0.29, 0.717) is 17.3 Å². The minimum Gasteiger partial charge on any atom is -0.457 e. The van der Waals surface area contributed by atoms with Crippen molar-refractivity contribution in [1.82, 2.24) is 19.7 Å². The van der Waals surface area contributed by atoms with Gasteiger partial charge in [-0.25, -0.2) is 14.4 Å². The predicted octanol–water partition coefficient (Wildman–Crippen LogP) is 4.48. The van der Waals surface area contributed by atoms with Gasteiger partial charge in [0.05, 0.1) is 5.69 Å². The number of halogens is 1. The molecule has 0 aliphatic carbocycles. The van der Waals surface area contributed by atoms with Crippen molar-refractivity contribution in [2.24, 2.45) is 7.05 Å². The Hall–Kier alpha value is -3.54. The molecular weight excluding hydrogens is 331 g/mol. The van der Waals surface area contributed by atoms with Gasteiger partial charge in [0.15, 0.2) is 5.82 Å². The van der Waals surface area contributed by atoms with Gasteiger partial charge in [-0.1, -0.05) is 0 Å². The Kier molecular flexibility index (Phi) is 4.15. The van der Waals surface area contributed by atoms with E-state index >= 15 is 0 Å². The number of ether oxygens (including phenoxy) is 1. The van der Waals surface area contributed by atoms with Crippen LogP contribution in [0.4, 0.5) is 4.39 Å². The normalized spacial score (nSPS) is 10.7. The van der Waals surface area contributed by atoms with Gasteiger partial charge in [-0.05, 0) is 60.7 Å². The number of aryl methyl sites for hydroxylation is 1. The molecule has 0 radical (unpaired) electrons. The van der Waals surface area contributed by atoms with Crippen LogP contribution in [0.15, 0.2) is 73.1 Å². The number of aromatic nitrogens is 4. The Bertz CT molecular complexity index is 1030. The summed E-state index contributed by atoms with van der Waals surface area (Å²) in [6.45, 7) is 0. The smallest absolute Gasteiger partial charge is 0.180 e. The topological polar surface area (TPSA) is 52.8 Å². The van der Waals surface area contributed by atoms with Gasteiger partial charge in [0.1, 0.15) is 23.0 Å². The van der Waals surface area contributed by atoms with Crippen LogP contribution in [0.5, 0.6) is 11.5 Å². The average molecular weight is 346 g/mol. The highest BCUT2D eigenvalue weighted by Crippen LogP contribution is 2.26. The molecule has 0 N–H and O–H groups in total. The molecule has 26 heavy (non-hydrogen) atoms. The zero-order chi connectivity index (χ0) is 17.9. The molecule has 0 amide bonds. The fourth-order valence-electron chi connectivity index (χ4n) is 2.51. The minimum atomic E-state index is -0.292. The Balaban J connectivity index is 1.56. The number of hydrogen-bond acceptors (Lipinski definition) is 4. The molecule has 2 aromatic heterocycles. The Morgan fingerprint density at radius 3 is 2.19 bits per heavy atom. The van der Waals surface area contributed by atoms with Crippen LogP contribution in [-0.4, -0.2) is 19.7 Å². The molecule has 5 nitrogen and oxygen atoms in total.